The average Bonchev–Trinajstić information content (AvgIpc) is 1.57. The first kappa shape index (κ1) is 59.2. The van der Waals surface area contributed by atoms with Crippen molar-refractivity contribution in [2.24, 2.45) is 0 Å². The lowest BCUT2D eigenvalue weighted by atomic mass is 9.95. The lowest BCUT2D eigenvalue weighted by Gasteiger charge is -2.18. The van der Waals surface area contributed by atoms with Crippen LogP contribution >= 0.6 is 0 Å². The molecule has 0 saturated heterocycles. The predicted molar refractivity (Wildman–Crippen MR) is 398 cm³/mol. The Kier molecular flexibility index (Phi) is 14.8. The summed E-state index contributed by atoms with van der Waals surface area (Å²) in [6.45, 7) is 15.7. The summed E-state index contributed by atoms with van der Waals surface area (Å²) in [5.74, 6) is 3.15. The molecular formula is C88H50N12. The first-order valence-electron chi connectivity index (χ1n) is 32.4. The Morgan fingerprint density at radius 2 is 0.620 bits per heavy atom. The normalized spacial score (nSPS) is 11.2. The molecule has 0 fully saturated rings. The topological polar surface area (TPSA) is 144 Å². The van der Waals surface area contributed by atoms with Gasteiger partial charge in [-0.15, -0.1) is 0 Å². The molecule has 0 radical (unpaired) electrons. The maximum absolute atomic E-state index is 10.0. The van der Waals surface area contributed by atoms with E-state index in [0.29, 0.717) is 57.4 Å². The van der Waals surface area contributed by atoms with Gasteiger partial charge in [0, 0.05) is 77.3 Å². The van der Waals surface area contributed by atoms with Gasteiger partial charge >= 0.3 is 0 Å². The van der Waals surface area contributed by atoms with Crippen LogP contribution in [0.15, 0.2) is 303 Å². The highest BCUT2D eigenvalue weighted by Crippen LogP contribution is 2.44. The van der Waals surface area contributed by atoms with Gasteiger partial charge in [0.05, 0.1) is 53.0 Å². The summed E-state index contributed by atoms with van der Waals surface area (Å²) in [6, 6.07) is 106. The lowest BCUT2D eigenvalue weighted by molar-refractivity contribution is 1.07. The molecule has 17 aromatic rings. The van der Waals surface area contributed by atoms with Gasteiger partial charge in [0.2, 0.25) is 0 Å². The number of nitriles is 2. The van der Waals surface area contributed by atoms with Gasteiger partial charge in [0.15, 0.2) is 46.3 Å². The molecule has 4 heterocycles. The van der Waals surface area contributed by atoms with Crippen molar-refractivity contribution in [2.45, 2.75) is 0 Å². The van der Waals surface area contributed by atoms with E-state index in [9.17, 15) is 10.5 Å². The third kappa shape index (κ3) is 10.9. The Balaban J connectivity index is 0.904. The zero-order valence-electron chi connectivity index (χ0n) is 53.2. The number of benzene rings is 13. The number of aromatic nitrogens is 8. The van der Waals surface area contributed by atoms with Crippen LogP contribution in [0.4, 0.5) is 11.4 Å². The molecule has 13 aromatic carbocycles. The third-order valence-electron chi connectivity index (χ3n) is 18.2. The highest BCUT2D eigenvalue weighted by atomic mass is 15.1. The quantitative estimate of drug-likeness (QED) is 0.110. The van der Waals surface area contributed by atoms with Crippen LogP contribution in [0, 0.1) is 35.8 Å². The van der Waals surface area contributed by atoms with Gasteiger partial charge in [0.25, 0.3) is 0 Å². The number of nitrogens with zero attached hydrogens (tertiary/aromatic N) is 12. The molecule has 0 aliphatic heterocycles. The van der Waals surface area contributed by atoms with Crippen molar-refractivity contribution in [3.8, 4) is 136 Å². The van der Waals surface area contributed by atoms with Crippen LogP contribution in [0.5, 0.6) is 0 Å². The van der Waals surface area contributed by atoms with Crippen molar-refractivity contribution in [2.75, 3.05) is 0 Å². The Bertz CT molecular complexity index is 6150. The fourth-order valence-corrected chi connectivity index (χ4v) is 13.5. The van der Waals surface area contributed by atoms with Crippen LogP contribution < -0.4 is 0 Å². The van der Waals surface area contributed by atoms with Crippen LogP contribution in [-0.4, -0.2) is 39.0 Å². The summed E-state index contributed by atoms with van der Waals surface area (Å²) in [4.78, 5) is 38.7. The molecule has 0 spiro atoms. The lowest BCUT2D eigenvalue weighted by Crippen LogP contribution is -2.02. The minimum Gasteiger partial charge on any atom is -0.309 e. The van der Waals surface area contributed by atoms with E-state index >= 15 is 0 Å². The van der Waals surface area contributed by atoms with Crippen LogP contribution in [-0.2, 0) is 0 Å². The molecule has 12 heteroatoms. The van der Waals surface area contributed by atoms with E-state index < -0.39 is 0 Å². The Morgan fingerprint density at radius 3 is 1.10 bits per heavy atom. The van der Waals surface area contributed by atoms with E-state index in [1.165, 1.54) is 0 Å². The molecule has 0 N–H and O–H groups in total. The summed E-state index contributed by atoms with van der Waals surface area (Å²) in [5.41, 5.74) is 19.1. The van der Waals surface area contributed by atoms with E-state index in [1.54, 1.807) is 12.1 Å². The van der Waals surface area contributed by atoms with E-state index in [-0.39, 0.29) is 0 Å². The second-order valence-corrected chi connectivity index (χ2v) is 24.3. The van der Waals surface area contributed by atoms with E-state index in [4.69, 9.17) is 43.0 Å². The smallest absolute Gasteiger partial charge is 0.189 e. The summed E-state index contributed by atoms with van der Waals surface area (Å²) >= 11 is 0. The molecule has 0 aliphatic carbocycles. The van der Waals surface area contributed by atoms with Gasteiger partial charge in [-0.25, -0.2) is 39.6 Å². The van der Waals surface area contributed by atoms with Crippen molar-refractivity contribution in [1.29, 1.82) is 10.5 Å². The van der Waals surface area contributed by atoms with Crippen LogP contribution in [0.2, 0.25) is 0 Å². The molecule has 462 valence electrons. The molecule has 0 aliphatic rings. The Morgan fingerprint density at radius 1 is 0.260 bits per heavy atom. The highest BCUT2D eigenvalue weighted by molar-refractivity contribution is 6.12. The molecule has 0 unspecified atom stereocenters. The average molecular weight is 1280 g/mol. The number of fused-ring (bicyclic) bond motifs is 6. The first-order chi connectivity index (χ1) is 49.3. The monoisotopic (exact) mass is 1270 g/mol. The number of hydrogen-bond acceptors (Lipinski definition) is 8. The largest absolute Gasteiger partial charge is 0.309 e. The zero-order valence-corrected chi connectivity index (χ0v) is 53.2. The van der Waals surface area contributed by atoms with E-state index in [1.807, 2.05) is 146 Å². The van der Waals surface area contributed by atoms with Gasteiger partial charge in [0.1, 0.15) is 0 Å². The predicted octanol–water partition coefficient (Wildman–Crippen LogP) is 21.8. The molecule has 100 heavy (non-hydrogen) atoms. The second kappa shape index (κ2) is 25.0. The molecule has 0 atom stereocenters. The maximum atomic E-state index is 10.0. The molecule has 0 saturated carbocycles. The summed E-state index contributed by atoms with van der Waals surface area (Å²) < 4.78 is 4.61. The van der Waals surface area contributed by atoms with E-state index in [2.05, 4.69) is 177 Å². The van der Waals surface area contributed by atoms with Gasteiger partial charge in [-0.1, -0.05) is 188 Å². The molecule has 0 bridgehead atoms. The molecule has 12 nitrogen and oxygen atoms in total. The summed E-state index contributed by atoms with van der Waals surface area (Å²) in [7, 11) is 0. The minimum absolute atomic E-state index is 0.398. The molecular weight excluding hydrogens is 1230 g/mol. The molecule has 4 aromatic heterocycles. The van der Waals surface area contributed by atoms with Crippen LogP contribution in [0.25, 0.3) is 178 Å². The fourth-order valence-electron chi connectivity index (χ4n) is 13.5. The van der Waals surface area contributed by atoms with Gasteiger partial charge in [-0.2, -0.15) is 10.5 Å². The van der Waals surface area contributed by atoms with Crippen molar-refractivity contribution in [3.05, 3.63) is 337 Å². The standard InChI is InChI=1S/C88H50N12/c1-91-70-42-55(53-89)40-66(46-70)62-34-37-81-76(50-62)73-30-15-17-32-78(73)99(81)72-48-68(45-69(49-72)88-97-85(59-24-11-5-12-25-59)94-86(98-88)60-26-13-6-14-27-60)61-28-19-29-64(44-61)75-52-65(87-95-83(57-20-7-3-8-21-57)93-84(96-87)58-22-9-4-10-23-58)36-39-80(75)100-79-33-18-16-31-74(79)77-51-63(35-38-82(77)100)67-41-56(54-90)43-71(47-67)92-2/h3-52H. The van der Waals surface area contributed by atoms with Gasteiger partial charge in [-0.3, -0.25) is 0 Å². The Hall–Kier alpha value is -14.6. The van der Waals surface area contributed by atoms with Gasteiger partial charge in [-0.05, 0) is 154 Å². The molecule has 0 amide bonds. The van der Waals surface area contributed by atoms with E-state index in [0.717, 1.165) is 133 Å². The van der Waals surface area contributed by atoms with Crippen molar-refractivity contribution in [3.63, 3.8) is 0 Å². The van der Waals surface area contributed by atoms with Crippen LogP contribution in [0.1, 0.15) is 11.1 Å². The number of para-hydroxylation sites is 2. The minimum atomic E-state index is 0.398. The SMILES string of the molecule is [C-]#[N+]c1cc(C#N)cc(-c2ccc3c(c2)c2ccccc2n3-c2cc(-c3cccc(-c4cc(-c5nc(-c6ccccc6)nc(-c6ccccc6)n5)ccc4-n4c5ccccc5c5cc(-c6cc(C#N)cc([N+]#[C-])c6)ccc54)c3)cc(-c3nc(-c4ccccc4)nc(-c4ccccc4)n3)c2)c1. The number of rotatable bonds is 12. The third-order valence-corrected chi connectivity index (χ3v) is 18.2. The second-order valence-electron chi connectivity index (χ2n) is 24.3. The summed E-state index contributed by atoms with van der Waals surface area (Å²) in [6.07, 6.45) is 0. The summed E-state index contributed by atoms with van der Waals surface area (Å²) in [5, 5.41) is 24.1. The zero-order chi connectivity index (χ0) is 67.2. The van der Waals surface area contributed by atoms with Crippen molar-refractivity contribution >= 4 is 55.0 Å². The van der Waals surface area contributed by atoms with Crippen molar-refractivity contribution < 1.29 is 0 Å². The van der Waals surface area contributed by atoms with Crippen LogP contribution in [0.3, 0.4) is 0 Å². The fraction of sp³-hybridized carbons (Fsp3) is 0. The first-order valence-corrected chi connectivity index (χ1v) is 32.4. The maximum Gasteiger partial charge on any atom is 0.189 e. The molecule has 17 rings (SSSR count). The van der Waals surface area contributed by atoms with Crippen molar-refractivity contribution in [1.82, 2.24) is 39.0 Å². The Labute approximate surface area is 574 Å². The van der Waals surface area contributed by atoms with Gasteiger partial charge < -0.3 is 9.13 Å². The number of hydrogen-bond donors (Lipinski definition) is 0. The highest BCUT2D eigenvalue weighted by Gasteiger charge is 2.23.